The Kier molecular flexibility index (Phi) is 6.82. The smallest absolute Gasteiger partial charge is 0.243 e. The lowest BCUT2D eigenvalue weighted by atomic mass is 10.1. The van der Waals surface area contributed by atoms with Crippen LogP contribution in [-0.2, 0) is 14.8 Å². The summed E-state index contributed by atoms with van der Waals surface area (Å²) in [6.07, 6.45) is 0. The van der Waals surface area contributed by atoms with Gasteiger partial charge in [-0.15, -0.1) is 0 Å². The third-order valence-electron chi connectivity index (χ3n) is 4.93. The molecule has 2 rings (SSSR count). The molecule has 1 saturated heterocycles. The Labute approximate surface area is 157 Å². The van der Waals surface area contributed by atoms with Crippen molar-refractivity contribution >= 4 is 15.9 Å². The molecule has 0 spiro atoms. The lowest BCUT2D eigenvalue weighted by Gasteiger charge is -2.40. The summed E-state index contributed by atoms with van der Waals surface area (Å²) in [6, 6.07) is 8.55. The average molecular weight is 382 g/mol. The number of carbonyl (C=O) groups is 1. The first-order valence-corrected chi connectivity index (χ1v) is 10.7. The molecule has 1 fully saturated rings. The SMILES string of the molecule is CC(C)N(C(=O)[C@@H](C)N1CCN(S(=O)(=O)c2ccccc2)CC1)C(C)C. The number of hydrogen-bond donors (Lipinski definition) is 0. The van der Waals surface area contributed by atoms with Crippen LogP contribution in [0.2, 0.25) is 0 Å². The number of benzene rings is 1. The van der Waals surface area contributed by atoms with Crippen LogP contribution in [0.3, 0.4) is 0 Å². The van der Waals surface area contributed by atoms with Gasteiger partial charge in [0.05, 0.1) is 10.9 Å². The van der Waals surface area contributed by atoms with E-state index in [0.717, 1.165) is 0 Å². The summed E-state index contributed by atoms with van der Waals surface area (Å²) in [5.74, 6) is 0.106. The molecule has 0 radical (unpaired) electrons. The largest absolute Gasteiger partial charge is 0.336 e. The summed E-state index contributed by atoms with van der Waals surface area (Å²) in [4.78, 5) is 17.2. The maximum Gasteiger partial charge on any atom is 0.243 e. The number of rotatable bonds is 6. The van der Waals surface area contributed by atoms with Gasteiger partial charge in [0, 0.05) is 38.3 Å². The van der Waals surface area contributed by atoms with Gasteiger partial charge in [0.2, 0.25) is 15.9 Å². The highest BCUT2D eigenvalue weighted by Crippen LogP contribution is 2.19. The number of piperazine rings is 1. The van der Waals surface area contributed by atoms with Crippen molar-refractivity contribution in [3.05, 3.63) is 30.3 Å². The second-order valence-corrected chi connectivity index (χ2v) is 9.30. The zero-order valence-corrected chi connectivity index (χ0v) is 17.2. The average Bonchev–Trinajstić information content (AvgIpc) is 2.61. The third kappa shape index (κ3) is 4.45. The number of sulfonamides is 1. The normalized spacial score (nSPS) is 18.3. The van der Waals surface area contributed by atoms with Gasteiger partial charge in [-0.05, 0) is 46.8 Å². The second-order valence-electron chi connectivity index (χ2n) is 7.36. The van der Waals surface area contributed by atoms with Crippen molar-refractivity contribution in [1.82, 2.24) is 14.1 Å². The zero-order valence-electron chi connectivity index (χ0n) is 16.4. The molecule has 1 aliphatic heterocycles. The molecule has 1 amide bonds. The second kappa shape index (κ2) is 8.50. The van der Waals surface area contributed by atoms with Crippen LogP contribution in [0.4, 0.5) is 0 Å². The lowest BCUT2D eigenvalue weighted by molar-refractivity contribution is -0.140. The van der Waals surface area contributed by atoms with E-state index in [1.54, 1.807) is 30.3 Å². The Morgan fingerprint density at radius 1 is 0.923 bits per heavy atom. The lowest BCUT2D eigenvalue weighted by Crippen LogP contribution is -2.57. The quantitative estimate of drug-likeness (QED) is 0.756. The van der Waals surface area contributed by atoms with Gasteiger partial charge in [0.25, 0.3) is 0 Å². The molecule has 0 aromatic heterocycles. The Balaban J connectivity index is 2.03. The maximum absolute atomic E-state index is 12.9. The summed E-state index contributed by atoms with van der Waals surface area (Å²) >= 11 is 0. The monoisotopic (exact) mass is 381 g/mol. The summed E-state index contributed by atoms with van der Waals surface area (Å²) in [6.45, 7) is 11.9. The van der Waals surface area contributed by atoms with Gasteiger partial charge in [-0.1, -0.05) is 18.2 Å². The van der Waals surface area contributed by atoms with Crippen molar-refractivity contribution in [2.45, 2.75) is 57.6 Å². The highest BCUT2D eigenvalue weighted by Gasteiger charge is 2.34. The van der Waals surface area contributed by atoms with Gasteiger partial charge >= 0.3 is 0 Å². The molecule has 1 aromatic rings. The molecule has 146 valence electrons. The minimum atomic E-state index is -3.46. The van der Waals surface area contributed by atoms with Gasteiger partial charge in [-0.25, -0.2) is 8.42 Å². The van der Waals surface area contributed by atoms with E-state index in [-0.39, 0.29) is 24.0 Å². The van der Waals surface area contributed by atoms with E-state index in [1.165, 1.54) is 4.31 Å². The summed E-state index contributed by atoms with van der Waals surface area (Å²) in [7, 11) is -3.46. The van der Waals surface area contributed by atoms with Gasteiger partial charge in [0.1, 0.15) is 0 Å². The highest BCUT2D eigenvalue weighted by atomic mass is 32.2. The van der Waals surface area contributed by atoms with Crippen LogP contribution >= 0.6 is 0 Å². The van der Waals surface area contributed by atoms with Gasteiger partial charge < -0.3 is 4.90 Å². The van der Waals surface area contributed by atoms with E-state index in [0.29, 0.717) is 31.1 Å². The van der Waals surface area contributed by atoms with Crippen LogP contribution in [0.1, 0.15) is 34.6 Å². The number of nitrogens with zero attached hydrogens (tertiary/aromatic N) is 3. The van der Waals surface area contributed by atoms with Gasteiger partial charge in [-0.2, -0.15) is 4.31 Å². The Bertz CT molecular complexity index is 688. The standard InChI is InChI=1S/C19H31N3O3S/c1-15(2)22(16(3)4)19(23)17(5)20-11-13-21(14-12-20)26(24,25)18-9-7-6-8-10-18/h6-10,15-17H,11-14H2,1-5H3/t17-/m1/s1. The molecule has 0 unspecified atom stereocenters. The first-order chi connectivity index (χ1) is 12.2. The van der Waals surface area contributed by atoms with E-state index in [4.69, 9.17) is 0 Å². The van der Waals surface area contributed by atoms with Crippen molar-refractivity contribution in [2.24, 2.45) is 0 Å². The van der Waals surface area contributed by atoms with Crippen LogP contribution in [0.15, 0.2) is 35.2 Å². The number of amides is 1. The zero-order chi connectivity index (χ0) is 19.5. The summed E-state index contributed by atoms with van der Waals surface area (Å²) in [5.41, 5.74) is 0. The van der Waals surface area contributed by atoms with Crippen LogP contribution in [0, 0.1) is 0 Å². The maximum atomic E-state index is 12.9. The van der Waals surface area contributed by atoms with Crippen LogP contribution in [0.5, 0.6) is 0 Å². The van der Waals surface area contributed by atoms with Crippen LogP contribution < -0.4 is 0 Å². The van der Waals surface area contributed by atoms with Gasteiger partial charge in [-0.3, -0.25) is 9.69 Å². The molecule has 0 N–H and O–H groups in total. The minimum absolute atomic E-state index is 0.106. The fraction of sp³-hybridized carbons (Fsp3) is 0.632. The van der Waals surface area contributed by atoms with Crippen molar-refractivity contribution < 1.29 is 13.2 Å². The molecule has 1 aliphatic rings. The highest BCUT2D eigenvalue weighted by molar-refractivity contribution is 7.89. The molecule has 1 atom stereocenters. The first-order valence-electron chi connectivity index (χ1n) is 9.27. The van der Waals surface area contributed by atoms with Crippen molar-refractivity contribution in [3.8, 4) is 0 Å². The molecule has 0 bridgehead atoms. The molecule has 0 aliphatic carbocycles. The van der Waals surface area contributed by atoms with E-state index in [2.05, 4.69) is 4.90 Å². The molecule has 1 aromatic carbocycles. The molecular formula is C19H31N3O3S. The van der Waals surface area contributed by atoms with Gasteiger partial charge in [0.15, 0.2) is 0 Å². The summed E-state index contributed by atoms with van der Waals surface area (Å²) < 4.78 is 26.9. The van der Waals surface area contributed by atoms with Crippen molar-refractivity contribution in [1.29, 1.82) is 0 Å². The van der Waals surface area contributed by atoms with E-state index in [9.17, 15) is 13.2 Å². The number of hydrogen-bond acceptors (Lipinski definition) is 4. The molecular weight excluding hydrogens is 350 g/mol. The summed E-state index contributed by atoms with van der Waals surface area (Å²) in [5, 5.41) is 0. The topological polar surface area (TPSA) is 60.9 Å². The molecule has 6 nitrogen and oxygen atoms in total. The predicted molar refractivity (Wildman–Crippen MR) is 103 cm³/mol. The third-order valence-corrected chi connectivity index (χ3v) is 6.84. The van der Waals surface area contributed by atoms with E-state index < -0.39 is 10.0 Å². The minimum Gasteiger partial charge on any atom is -0.336 e. The molecule has 7 heteroatoms. The van der Waals surface area contributed by atoms with Crippen LogP contribution in [-0.4, -0.2) is 72.7 Å². The Morgan fingerprint density at radius 3 is 1.88 bits per heavy atom. The fourth-order valence-corrected chi connectivity index (χ4v) is 4.99. The molecule has 0 saturated carbocycles. The van der Waals surface area contributed by atoms with E-state index >= 15 is 0 Å². The Hall–Kier alpha value is -1.44. The van der Waals surface area contributed by atoms with Crippen molar-refractivity contribution in [2.75, 3.05) is 26.2 Å². The van der Waals surface area contributed by atoms with E-state index in [1.807, 2.05) is 39.5 Å². The van der Waals surface area contributed by atoms with Crippen molar-refractivity contribution in [3.63, 3.8) is 0 Å². The predicted octanol–water partition coefficient (Wildman–Crippen LogP) is 2.03. The first kappa shape index (κ1) is 20.9. The number of carbonyl (C=O) groups excluding carboxylic acids is 1. The van der Waals surface area contributed by atoms with Crippen LogP contribution in [0.25, 0.3) is 0 Å². The Morgan fingerprint density at radius 2 is 1.42 bits per heavy atom. The fourth-order valence-electron chi connectivity index (χ4n) is 3.55. The molecule has 26 heavy (non-hydrogen) atoms. The molecule has 1 heterocycles.